The first kappa shape index (κ1) is 13.5. The number of carbonyl (C=O) groups is 1. The van der Waals surface area contributed by atoms with Gasteiger partial charge in [0.05, 0.1) is 5.56 Å². The molecule has 0 unspecified atom stereocenters. The fourth-order valence-corrected chi connectivity index (χ4v) is 1.65. The summed E-state index contributed by atoms with van der Waals surface area (Å²) in [5.41, 5.74) is -0.247. The molecule has 0 fully saturated rings. The van der Waals surface area contributed by atoms with Crippen LogP contribution in [0.2, 0.25) is 0 Å². The molecule has 0 aliphatic carbocycles. The molecule has 0 amide bonds. The summed E-state index contributed by atoms with van der Waals surface area (Å²) < 4.78 is 0. The molecule has 0 aliphatic heterocycles. The summed E-state index contributed by atoms with van der Waals surface area (Å²) in [6.45, 7) is 0.380. The van der Waals surface area contributed by atoms with Crippen molar-refractivity contribution in [2.45, 2.75) is 6.42 Å². The van der Waals surface area contributed by atoms with Gasteiger partial charge in [-0.2, -0.15) is 0 Å². The lowest BCUT2D eigenvalue weighted by Gasteiger charge is -2.04. The Bertz CT molecular complexity index is 734. The lowest BCUT2D eigenvalue weighted by atomic mass is 10.1. The van der Waals surface area contributed by atoms with Crippen molar-refractivity contribution in [1.82, 2.24) is 15.2 Å². The Labute approximate surface area is 112 Å². The topological polar surface area (TPSA) is 128 Å². The van der Waals surface area contributed by atoms with Crippen molar-refractivity contribution in [2.24, 2.45) is 0 Å². The molecular formula is C12H12N4O4. The standard InChI is InChI=1S/C12H12N4O4/c17-10-9(15-16-12(20)14-10)13-5-4-7-2-1-3-8(6-7)11(18)19/h1-3,6H,4-5H2,(H,13,15)(H,18,19)(H2,14,16,17,20). The largest absolute Gasteiger partial charge is 0.478 e. The summed E-state index contributed by atoms with van der Waals surface area (Å²) in [6, 6.07) is 6.52. The molecule has 0 aliphatic rings. The Hall–Kier alpha value is -2.90. The number of carboxylic acids is 1. The molecule has 0 saturated heterocycles. The Morgan fingerprint density at radius 1 is 1.35 bits per heavy atom. The molecular weight excluding hydrogens is 264 g/mol. The van der Waals surface area contributed by atoms with Gasteiger partial charge < -0.3 is 10.4 Å². The molecule has 20 heavy (non-hydrogen) atoms. The van der Waals surface area contributed by atoms with Gasteiger partial charge in [0, 0.05) is 6.54 Å². The number of nitrogens with zero attached hydrogens (tertiary/aromatic N) is 1. The second kappa shape index (κ2) is 5.83. The molecule has 4 N–H and O–H groups in total. The Morgan fingerprint density at radius 2 is 2.15 bits per heavy atom. The highest BCUT2D eigenvalue weighted by molar-refractivity contribution is 5.87. The molecule has 104 valence electrons. The molecule has 1 aromatic carbocycles. The minimum absolute atomic E-state index is 0.0130. The third-order valence-electron chi connectivity index (χ3n) is 2.59. The second-order valence-electron chi connectivity index (χ2n) is 4.04. The number of H-pyrrole nitrogens is 2. The molecule has 8 nitrogen and oxygen atoms in total. The average Bonchev–Trinajstić information content (AvgIpc) is 2.41. The Kier molecular flexibility index (Phi) is 3.94. The molecule has 2 rings (SSSR count). The quantitative estimate of drug-likeness (QED) is 0.599. The fourth-order valence-electron chi connectivity index (χ4n) is 1.65. The number of nitrogens with one attached hydrogen (secondary N) is 3. The number of hydrogen-bond donors (Lipinski definition) is 4. The summed E-state index contributed by atoms with van der Waals surface area (Å²) >= 11 is 0. The van der Waals surface area contributed by atoms with E-state index in [1.165, 1.54) is 6.07 Å². The maximum Gasteiger partial charge on any atom is 0.342 e. The first-order valence-corrected chi connectivity index (χ1v) is 5.81. The van der Waals surface area contributed by atoms with Gasteiger partial charge in [0.25, 0.3) is 5.56 Å². The predicted octanol–water partition coefficient (Wildman–Crippen LogP) is -0.189. The van der Waals surface area contributed by atoms with Gasteiger partial charge in [-0.25, -0.2) is 14.7 Å². The molecule has 8 heteroatoms. The number of hydrogen-bond acceptors (Lipinski definition) is 5. The maximum atomic E-state index is 11.3. The van der Waals surface area contributed by atoms with Crippen molar-refractivity contribution in [2.75, 3.05) is 11.9 Å². The van der Waals surface area contributed by atoms with Crippen molar-refractivity contribution in [3.05, 3.63) is 56.2 Å². The highest BCUT2D eigenvalue weighted by Gasteiger charge is 2.04. The van der Waals surface area contributed by atoms with Crippen LogP contribution >= 0.6 is 0 Å². The van der Waals surface area contributed by atoms with Crippen LogP contribution in [0.3, 0.4) is 0 Å². The molecule has 0 saturated carbocycles. The summed E-state index contributed by atoms with van der Waals surface area (Å²) in [4.78, 5) is 35.0. The fraction of sp³-hybridized carbons (Fsp3) is 0.167. The minimum atomic E-state index is -0.987. The SMILES string of the molecule is O=C(O)c1cccc(CCNc2n[nH]c(=O)[nH]c2=O)c1. The normalized spacial score (nSPS) is 10.2. The average molecular weight is 276 g/mol. The Morgan fingerprint density at radius 3 is 2.85 bits per heavy atom. The molecule has 0 radical (unpaired) electrons. The zero-order valence-corrected chi connectivity index (χ0v) is 10.3. The van der Waals surface area contributed by atoms with E-state index in [1.807, 2.05) is 4.98 Å². The van der Waals surface area contributed by atoms with Crippen LogP contribution in [0.25, 0.3) is 0 Å². The van der Waals surface area contributed by atoms with Crippen molar-refractivity contribution >= 4 is 11.8 Å². The Balaban J connectivity index is 1.99. The predicted molar refractivity (Wildman–Crippen MR) is 71.1 cm³/mol. The van der Waals surface area contributed by atoms with E-state index in [0.29, 0.717) is 13.0 Å². The van der Waals surface area contributed by atoms with E-state index in [9.17, 15) is 14.4 Å². The van der Waals surface area contributed by atoms with Crippen molar-refractivity contribution in [3.63, 3.8) is 0 Å². The van der Waals surface area contributed by atoms with Crippen LogP contribution < -0.4 is 16.6 Å². The van der Waals surface area contributed by atoms with Crippen LogP contribution in [0.5, 0.6) is 0 Å². The zero-order chi connectivity index (χ0) is 14.5. The molecule has 0 atom stereocenters. The number of rotatable bonds is 5. The lowest BCUT2D eigenvalue weighted by Crippen LogP contribution is -2.27. The van der Waals surface area contributed by atoms with Gasteiger partial charge in [0.15, 0.2) is 0 Å². The van der Waals surface area contributed by atoms with E-state index in [4.69, 9.17) is 5.11 Å². The first-order chi connectivity index (χ1) is 9.56. The van der Waals surface area contributed by atoms with Crippen LogP contribution in [-0.4, -0.2) is 32.8 Å². The van der Waals surface area contributed by atoms with E-state index in [0.717, 1.165) is 5.56 Å². The van der Waals surface area contributed by atoms with Gasteiger partial charge in [-0.05, 0) is 24.1 Å². The smallest absolute Gasteiger partial charge is 0.342 e. The molecule has 1 heterocycles. The van der Waals surface area contributed by atoms with E-state index < -0.39 is 17.2 Å². The van der Waals surface area contributed by atoms with Crippen molar-refractivity contribution in [3.8, 4) is 0 Å². The van der Waals surface area contributed by atoms with Crippen LogP contribution in [0.4, 0.5) is 5.82 Å². The maximum absolute atomic E-state index is 11.3. The van der Waals surface area contributed by atoms with Gasteiger partial charge in [0.1, 0.15) is 0 Å². The number of benzene rings is 1. The van der Waals surface area contributed by atoms with Crippen molar-refractivity contribution < 1.29 is 9.90 Å². The van der Waals surface area contributed by atoms with E-state index in [-0.39, 0.29) is 11.4 Å². The number of aromatic carboxylic acids is 1. The van der Waals surface area contributed by atoms with Crippen LogP contribution in [0, 0.1) is 0 Å². The molecule has 0 bridgehead atoms. The monoisotopic (exact) mass is 276 g/mol. The van der Waals surface area contributed by atoms with Gasteiger partial charge in [-0.3, -0.25) is 9.78 Å². The van der Waals surface area contributed by atoms with Gasteiger partial charge in [0.2, 0.25) is 5.82 Å². The van der Waals surface area contributed by atoms with Crippen molar-refractivity contribution in [1.29, 1.82) is 0 Å². The van der Waals surface area contributed by atoms with E-state index in [1.54, 1.807) is 18.2 Å². The van der Waals surface area contributed by atoms with Gasteiger partial charge >= 0.3 is 11.7 Å². The third kappa shape index (κ3) is 3.31. The molecule has 0 spiro atoms. The van der Waals surface area contributed by atoms with E-state index in [2.05, 4.69) is 15.5 Å². The van der Waals surface area contributed by atoms with Crippen LogP contribution in [0.15, 0.2) is 33.9 Å². The summed E-state index contributed by atoms with van der Waals surface area (Å²) in [5.74, 6) is -0.974. The summed E-state index contributed by atoms with van der Waals surface area (Å²) in [7, 11) is 0. The number of aromatic nitrogens is 3. The number of carboxylic acid groups (broad SMARTS) is 1. The first-order valence-electron chi connectivity index (χ1n) is 5.81. The zero-order valence-electron chi connectivity index (χ0n) is 10.3. The van der Waals surface area contributed by atoms with E-state index >= 15 is 0 Å². The highest BCUT2D eigenvalue weighted by Crippen LogP contribution is 2.06. The minimum Gasteiger partial charge on any atom is -0.478 e. The summed E-state index contributed by atoms with van der Waals surface area (Å²) in [6.07, 6.45) is 0.515. The lowest BCUT2D eigenvalue weighted by molar-refractivity contribution is 0.0697. The summed E-state index contributed by atoms with van der Waals surface area (Å²) in [5, 5.41) is 17.3. The number of aromatic amines is 2. The van der Waals surface area contributed by atoms with Gasteiger partial charge in [-0.1, -0.05) is 12.1 Å². The van der Waals surface area contributed by atoms with Crippen LogP contribution in [-0.2, 0) is 6.42 Å². The molecule has 1 aromatic heterocycles. The molecule has 2 aromatic rings. The number of anilines is 1. The van der Waals surface area contributed by atoms with Gasteiger partial charge in [-0.15, -0.1) is 5.10 Å². The second-order valence-corrected chi connectivity index (χ2v) is 4.04. The highest BCUT2D eigenvalue weighted by atomic mass is 16.4. The third-order valence-corrected chi connectivity index (χ3v) is 2.59. The van der Waals surface area contributed by atoms with Crippen LogP contribution in [0.1, 0.15) is 15.9 Å².